The van der Waals surface area contributed by atoms with Crippen molar-refractivity contribution in [3.05, 3.63) is 245 Å². The second kappa shape index (κ2) is 46.7. The van der Waals surface area contributed by atoms with E-state index >= 15 is 22.0 Å². The number of nitrogens with zero attached hydrogens (tertiary/aromatic N) is 14. The number of alkyl halides is 3. The molecule has 7 amide bonds. The smallest absolute Gasteiger partial charge is 0.412 e. The van der Waals surface area contributed by atoms with E-state index in [9.17, 15) is 69.6 Å². The minimum absolute atomic E-state index is 0.00338. The van der Waals surface area contributed by atoms with E-state index in [0.717, 1.165) is 110 Å². The number of esters is 1. The summed E-state index contributed by atoms with van der Waals surface area (Å²) in [6.45, 7) is 3.92. The van der Waals surface area contributed by atoms with Gasteiger partial charge in [0.15, 0.2) is 29.0 Å². The van der Waals surface area contributed by atoms with Gasteiger partial charge in [0.05, 0.1) is 100 Å². The van der Waals surface area contributed by atoms with Crippen LogP contribution in [0, 0.1) is 76.7 Å². The van der Waals surface area contributed by atoms with Crippen LogP contribution in [0.3, 0.4) is 0 Å². The quantitative estimate of drug-likeness (QED) is 0.0113. The number of nitrogens with one attached hydrogen (secondary N) is 5. The van der Waals surface area contributed by atoms with Crippen LogP contribution in [0.1, 0.15) is 166 Å². The number of primary amides is 4. The highest BCUT2D eigenvalue weighted by atomic mass is 19.2. The van der Waals surface area contributed by atoms with E-state index in [0.29, 0.717) is 36.4 Å². The Morgan fingerprint density at radius 3 is 1.40 bits per heavy atom. The molecule has 7 unspecified atom stereocenters. The molecular formula is C105H110F5N23O15. The highest BCUT2D eigenvalue weighted by molar-refractivity contribution is 6.03. The number of piperidine rings is 2. The molecule has 2 aliphatic heterocycles. The molecule has 7 atom stereocenters. The second-order valence-electron chi connectivity index (χ2n) is 37.0. The average Bonchev–Trinajstić information content (AvgIpc) is 1.53. The maximum absolute atomic E-state index is 15.9. The fraction of sp³-hybridized carbons (Fsp3) is 0.352. The average molecular weight is 2030 g/mol. The third kappa shape index (κ3) is 24.2. The Hall–Kier alpha value is -17.2. The van der Waals surface area contributed by atoms with Crippen molar-refractivity contribution in [2.75, 3.05) is 74.1 Å². The lowest BCUT2D eigenvalue weighted by atomic mass is 9.76. The van der Waals surface area contributed by atoms with Crippen LogP contribution in [0.15, 0.2) is 191 Å². The number of aromatic hydroxyl groups is 2. The van der Waals surface area contributed by atoms with Gasteiger partial charge in [-0.1, -0.05) is 78.9 Å². The minimum Gasteiger partial charge on any atom is -0.507 e. The number of anilines is 5. The van der Waals surface area contributed by atoms with Gasteiger partial charge in [-0.05, 0) is 179 Å². The zero-order valence-electron chi connectivity index (χ0n) is 81.5. The molecule has 148 heavy (non-hydrogen) atoms. The van der Waals surface area contributed by atoms with E-state index in [4.69, 9.17) is 31.8 Å². The number of carbonyl (C=O) groups excluding carboxylic acids is 8. The first-order valence-corrected chi connectivity index (χ1v) is 47.5. The fourth-order valence-corrected chi connectivity index (χ4v) is 19.0. The topological polar surface area (TPSA) is 568 Å². The van der Waals surface area contributed by atoms with E-state index in [-0.39, 0.29) is 165 Å². The molecule has 0 radical (unpaired) electrons. The van der Waals surface area contributed by atoms with E-state index in [2.05, 4.69) is 104 Å². The summed E-state index contributed by atoms with van der Waals surface area (Å²) in [4.78, 5) is 98.5. The number of rotatable bonds is 30. The lowest BCUT2D eigenvalue weighted by molar-refractivity contribution is -0.139. The molecule has 6 aromatic carbocycles. The van der Waals surface area contributed by atoms with Crippen molar-refractivity contribution in [3.63, 3.8) is 0 Å². The number of likely N-dealkylation sites (tertiary alicyclic amines) is 2. The predicted molar refractivity (Wildman–Crippen MR) is 531 cm³/mol. The van der Waals surface area contributed by atoms with Gasteiger partial charge in [0.1, 0.15) is 86.4 Å². The number of furan rings is 2. The van der Waals surface area contributed by atoms with Gasteiger partial charge in [-0.3, -0.25) is 67.9 Å². The van der Waals surface area contributed by atoms with Crippen LogP contribution in [0.25, 0.3) is 44.9 Å². The summed E-state index contributed by atoms with van der Waals surface area (Å²) >= 11 is 0. The maximum Gasteiger partial charge on any atom is 0.412 e. The lowest BCUT2D eigenvalue weighted by Crippen LogP contribution is -2.54. The van der Waals surface area contributed by atoms with Crippen molar-refractivity contribution < 1.29 is 93.6 Å². The van der Waals surface area contributed by atoms with Crippen molar-refractivity contribution in [2.24, 2.45) is 28.9 Å². The van der Waals surface area contributed by atoms with Crippen LogP contribution in [0.4, 0.5) is 60.4 Å². The highest BCUT2D eigenvalue weighted by Gasteiger charge is 2.51. The molecule has 3 aliphatic carbocycles. The number of hydrogen-bond donors (Lipinski definition) is 11. The molecule has 0 bridgehead atoms. The summed E-state index contributed by atoms with van der Waals surface area (Å²) < 4.78 is 108. The number of aryl methyl sites for hydroxylation is 2. The van der Waals surface area contributed by atoms with Gasteiger partial charge in [0, 0.05) is 117 Å². The first kappa shape index (κ1) is 107. The summed E-state index contributed by atoms with van der Waals surface area (Å²) in [6, 6.07) is 56.8. The summed E-state index contributed by atoms with van der Waals surface area (Å²) in [5.41, 5.74) is 23.5. The van der Waals surface area contributed by atoms with Crippen molar-refractivity contribution in [2.45, 2.75) is 182 Å². The fourth-order valence-electron chi connectivity index (χ4n) is 19.0. The monoisotopic (exact) mass is 2030 g/mol. The first-order chi connectivity index (χ1) is 71.0. The van der Waals surface area contributed by atoms with Gasteiger partial charge in [0.2, 0.25) is 5.91 Å². The van der Waals surface area contributed by atoms with Crippen molar-refractivity contribution >= 4 is 76.5 Å². The number of phenolic OH excluding ortho intramolecular Hbond substituents is 2. The Bertz CT molecular complexity index is 7030. The number of methoxy groups -OCH3 is 3. The van der Waals surface area contributed by atoms with Gasteiger partial charge < -0.3 is 72.1 Å². The minimum atomic E-state index is -1.75. The Morgan fingerprint density at radius 1 is 0.473 bits per heavy atom. The number of benzene rings is 6. The molecule has 38 nitrogen and oxygen atoms in total. The molecule has 0 spiro atoms. The molecule has 5 fully saturated rings. The molecule has 770 valence electrons. The third-order valence-corrected chi connectivity index (χ3v) is 27.5. The van der Waals surface area contributed by atoms with E-state index in [1.807, 2.05) is 104 Å². The van der Waals surface area contributed by atoms with Crippen LogP contribution in [-0.2, 0) is 65.5 Å². The summed E-state index contributed by atoms with van der Waals surface area (Å²) in [6.07, 6.45) is 4.01. The Morgan fingerprint density at radius 2 is 0.926 bits per heavy atom. The van der Waals surface area contributed by atoms with E-state index in [1.54, 1.807) is 59.4 Å². The molecule has 43 heteroatoms. The summed E-state index contributed by atoms with van der Waals surface area (Å²) in [7, 11) is 3.46. The summed E-state index contributed by atoms with van der Waals surface area (Å²) in [5, 5.41) is 90.6. The number of nitrogens with two attached hydrogens (primary N) is 4. The van der Waals surface area contributed by atoms with Crippen LogP contribution < -0.4 is 49.5 Å². The standard InChI is InChI=1S/C28H30N6O2.C27H26F3N5O4.C25H27FN6O5.C25H27FN6O4/c29-17-16-28(34-18-24(25(30)35)26(33-34)32-27(36)21-6-7-21)14-12-23(13-15-28)31-22-10-8-20(9-11-22)19-4-2-1-3-5-19;1-39-23(36)12-21-19(26(32)38)14-35(33-21)27(7-9-31)8-10-34(15-22(27)29)13-18-20(28)11-17(25(37)24(18)30)16-5-3-2-4-6-16;1-15-3-6-20(37-15)17-5-4-16(11-19(17)33)12-31-10-8-25(7-9-27,21(26)14-31)32-13-18(22(28)34)23(30-32)29-24(35)36-2;1-15-3-8-20(36-15)16-4-6-17(7-5-16)29-18-9-10-25(11-12-27,21(26)13-18)32-14-19(22(28)33)23(31-32)30-24(34)35-2/h1-5,8-11,18,21,23,31H,6-7,12-16H2,(H2,30,35)(H,32,33,36);2-6,11,14,22,37H,7-8,10,12-13,15H2,1H3,(H2,32,38);3-6,11,13,21,33H,7-8,10,12,14H2,1-2H3,(H2,28,34)(H,29,30,35);3-8,14,18,21,29H,9-11,13H2,1-2H3,(H2,28,33)(H,30,31,34). The Balaban J connectivity index is 0.000000156. The number of nitriles is 4. The maximum atomic E-state index is 15.9. The van der Waals surface area contributed by atoms with Crippen molar-refractivity contribution in [1.29, 1.82) is 21.0 Å². The van der Waals surface area contributed by atoms with Crippen LogP contribution in [0.5, 0.6) is 11.5 Å². The second-order valence-corrected chi connectivity index (χ2v) is 37.0. The van der Waals surface area contributed by atoms with E-state index < -0.39 is 105 Å². The summed E-state index contributed by atoms with van der Waals surface area (Å²) in [5.74, 6) is -4.00. The SMILES string of the molecule is COC(=O)Cc1nn(C2(CC#N)CCN(Cc3c(F)cc(-c4ccccc4)c(O)c3F)CC2F)cc1C(N)=O.COC(=O)Nc1nn(C2(CC#N)CCC(Nc3ccc(-c4ccc(C)o4)cc3)CC2F)cc1C(N)=O.COC(=O)Nc1nn(C2(CC#N)CCN(Cc3ccc(-c4ccc(C)o4)c(O)c3)CC2F)cc1C(N)=O.N#CCC1(n2cc(C(N)=O)c(NC(=O)C3CC3)n2)CCC(Nc2ccc(-c3ccccc3)cc2)CC1. The molecule has 3 saturated carbocycles. The molecule has 15 N–H and O–H groups in total. The molecule has 17 rings (SSSR count). The van der Waals surface area contributed by atoms with Crippen LogP contribution in [-0.4, -0.2) is 185 Å². The predicted octanol–water partition coefficient (Wildman–Crippen LogP) is 15.5. The highest BCUT2D eigenvalue weighted by Crippen LogP contribution is 2.47. The van der Waals surface area contributed by atoms with Crippen molar-refractivity contribution in [3.8, 4) is 80.7 Å². The van der Waals surface area contributed by atoms with Gasteiger partial charge in [0.25, 0.3) is 23.6 Å². The number of phenols is 2. The molecule has 5 aliphatic rings. The molecule has 12 aromatic rings. The van der Waals surface area contributed by atoms with Gasteiger partial charge in [-0.2, -0.15) is 41.4 Å². The zero-order valence-corrected chi connectivity index (χ0v) is 81.5. The Labute approximate surface area is 846 Å². The number of halogens is 5. The van der Waals surface area contributed by atoms with Gasteiger partial charge in [-0.25, -0.2) is 31.5 Å². The van der Waals surface area contributed by atoms with Gasteiger partial charge in [-0.15, -0.1) is 0 Å². The Kier molecular flexibility index (Phi) is 33.6. The number of hydrogen-bond acceptors (Lipinski definition) is 27. The largest absolute Gasteiger partial charge is 0.507 e. The van der Waals surface area contributed by atoms with Crippen LogP contribution >= 0.6 is 0 Å². The lowest BCUT2D eigenvalue weighted by Gasteiger charge is -2.43. The number of amides is 7. The van der Waals surface area contributed by atoms with Crippen molar-refractivity contribution in [1.82, 2.24) is 48.9 Å². The molecule has 2 saturated heterocycles. The zero-order chi connectivity index (χ0) is 106. The number of carbonyl (C=O) groups is 8. The van der Waals surface area contributed by atoms with Gasteiger partial charge >= 0.3 is 18.2 Å². The van der Waals surface area contributed by atoms with Crippen LogP contribution in [0.2, 0.25) is 0 Å². The molecular weight excluding hydrogens is 1920 g/mol. The van der Waals surface area contributed by atoms with E-state index in [1.165, 1.54) is 44.0 Å². The molecule has 6 aromatic heterocycles. The number of aromatic nitrogens is 8. The number of ether oxygens (including phenoxy) is 3. The first-order valence-electron chi connectivity index (χ1n) is 47.5. The third-order valence-electron chi connectivity index (χ3n) is 27.5. The molecule has 8 heterocycles. The normalized spacial score (nSPS) is 20.5.